The van der Waals surface area contributed by atoms with Gasteiger partial charge in [-0.1, -0.05) is 41.9 Å². The van der Waals surface area contributed by atoms with Gasteiger partial charge in [-0.25, -0.2) is 4.68 Å². The van der Waals surface area contributed by atoms with E-state index in [0.717, 1.165) is 27.5 Å². The number of benzene rings is 2. The van der Waals surface area contributed by atoms with Gasteiger partial charge in [0.2, 0.25) is 5.91 Å². The van der Waals surface area contributed by atoms with Gasteiger partial charge in [0, 0.05) is 33.5 Å². The van der Waals surface area contributed by atoms with Crippen LogP contribution in [0.2, 0.25) is 5.02 Å². The molecule has 166 valence electrons. The third-order valence-corrected chi connectivity index (χ3v) is 6.67. The van der Waals surface area contributed by atoms with E-state index in [-0.39, 0.29) is 11.8 Å². The molecule has 0 bridgehead atoms. The zero-order valence-electron chi connectivity index (χ0n) is 17.7. The maximum absolute atomic E-state index is 12.7. The number of amides is 2. The maximum atomic E-state index is 12.7. The second-order valence-electron chi connectivity index (χ2n) is 7.81. The minimum absolute atomic E-state index is 0.0535. The van der Waals surface area contributed by atoms with Gasteiger partial charge in [0.25, 0.3) is 5.91 Å². The Hall–Kier alpha value is -3.42. The summed E-state index contributed by atoms with van der Waals surface area (Å²) in [6.07, 6.45) is 0.396. The second-order valence-corrected chi connectivity index (χ2v) is 9.28. The van der Waals surface area contributed by atoms with Gasteiger partial charge < -0.3 is 5.32 Å². The number of nitrogens with one attached hydrogen (secondary N) is 1. The number of thiophene rings is 1. The van der Waals surface area contributed by atoms with Crippen LogP contribution in [0.3, 0.4) is 0 Å². The van der Waals surface area contributed by atoms with Gasteiger partial charge in [0.05, 0.1) is 25.3 Å². The average molecular weight is 477 g/mol. The van der Waals surface area contributed by atoms with Crippen molar-refractivity contribution in [2.75, 3.05) is 4.90 Å². The number of halogens is 1. The molecule has 3 heterocycles. The highest BCUT2D eigenvalue weighted by Crippen LogP contribution is 2.30. The zero-order chi connectivity index (χ0) is 22.8. The van der Waals surface area contributed by atoms with Crippen LogP contribution in [0.15, 0.2) is 72.1 Å². The first-order chi connectivity index (χ1) is 16.1. The molecule has 6 nitrogen and oxygen atoms in total. The van der Waals surface area contributed by atoms with Gasteiger partial charge in [-0.15, -0.1) is 11.3 Å². The Bertz CT molecular complexity index is 1300. The molecule has 0 saturated carbocycles. The number of hydrogen-bond acceptors (Lipinski definition) is 4. The largest absolute Gasteiger partial charge is 0.347 e. The van der Waals surface area contributed by atoms with E-state index >= 15 is 0 Å². The molecule has 2 amide bonds. The Morgan fingerprint density at radius 3 is 2.70 bits per heavy atom. The molecule has 5 rings (SSSR count). The third kappa shape index (κ3) is 4.69. The minimum atomic E-state index is -0.117. The van der Waals surface area contributed by atoms with Crippen molar-refractivity contribution in [2.24, 2.45) is 0 Å². The molecule has 0 atom stereocenters. The Kier molecular flexibility index (Phi) is 5.98. The molecular formula is C25H21ClN4O2S. The van der Waals surface area contributed by atoms with Crippen LogP contribution in [-0.4, -0.2) is 21.6 Å². The van der Waals surface area contributed by atoms with Crippen LogP contribution in [0.5, 0.6) is 0 Å². The smallest absolute Gasteiger partial charge is 0.251 e. The number of nitrogens with zero attached hydrogens (tertiary/aromatic N) is 3. The van der Waals surface area contributed by atoms with Gasteiger partial charge in [0.15, 0.2) is 0 Å². The molecule has 2 aromatic heterocycles. The number of carbonyl (C=O) groups excluding carboxylic acids is 2. The molecule has 0 saturated heterocycles. The fourth-order valence-electron chi connectivity index (χ4n) is 3.84. The molecule has 1 N–H and O–H groups in total. The molecule has 0 fully saturated rings. The Morgan fingerprint density at radius 1 is 1.09 bits per heavy atom. The van der Waals surface area contributed by atoms with E-state index in [0.29, 0.717) is 36.6 Å². The monoisotopic (exact) mass is 476 g/mol. The van der Waals surface area contributed by atoms with Crippen molar-refractivity contribution in [3.8, 4) is 11.3 Å². The molecular weight excluding hydrogens is 456 g/mol. The van der Waals surface area contributed by atoms with Crippen LogP contribution in [0.25, 0.3) is 11.3 Å². The molecule has 4 aromatic rings. The standard InChI is InChI=1S/C25H21ClN4O2S/c26-20-4-1-3-19(13-20)22-14-23-29(24(31)10-11-30(23)28-22)16-17-6-8-18(9-7-17)25(32)27-15-21-5-2-12-33-21/h1-9,12-14H,10-11,15-16H2,(H,27,32). The molecule has 1 aliphatic heterocycles. The Labute approximate surface area is 200 Å². The quantitative estimate of drug-likeness (QED) is 0.419. The normalized spacial score (nSPS) is 13.1. The van der Waals surface area contributed by atoms with Crippen molar-refractivity contribution in [1.29, 1.82) is 0 Å². The lowest BCUT2D eigenvalue weighted by Gasteiger charge is -2.27. The van der Waals surface area contributed by atoms with Crippen LogP contribution in [-0.2, 0) is 24.4 Å². The minimum Gasteiger partial charge on any atom is -0.347 e. The predicted octanol–water partition coefficient (Wildman–Crippen LogP) is 5.13. The number of aromatic nitrogens is 2. The van der Waals surface area contributed by atoms with E-state index in [9.17, 15) is 9.59 Å². The number of hydrogen-bond donors (Lipinski definition) is 1. The van der Waals surface area contributed by atoms with E-state index in [2.05, 4.69) is 10.4 Å². The highest BCUT2D eigenvalue weighted by Gasteiger charge is 2.26. The summed E-state index contributed by atoms with van der Waals surface area (Å²) >= 11 is 7.75. The first kappa shape index (κ1) is 21.4. The van der Waals surface area contributed by atoms with Gasteiger partial charge in [-0.3, -0.25) is 14.5 Å². The van der Waals surface area contributed by atoms with E-state index in [4.69, 9.17) is 11.6 Å². The molecule has 33 heavy (non-hydrogen) atoms. The van der Waals surface area contributed by atoms with Crippen molar-refractivity contribution in [2.45, 2.75) is 26.1 Å². The number of fused-ring (bicyclic) bond motifs is 1. The van der Waals surface area contributed by atoms with Crippen molar-refractivity contribution >= 4 is 40.6 Å². The van der Waals surface area contributed by atoms with Crippen molar-refractivity contribution < 1.29 is 9.59 Å². The summed E-state index contributed by atoms with van der Waals surface area (Å²) in [5, 5.41) is 10.2. The number of carbonyl (C=O) groups is 2. The van der Waals surface area contributed by atoms with Crippen LogP contribution in [0.1, 0.15) is 27.2 Å². The number of anilines is 1. The van der Waals surface area contributed by atoms with Crippen LogP contribution in [0.4, 0.5) is 5.82 Å². The van der Waals surface area contributed by atoms with Crippen LogP contribution in [0, 0.1) is 0 Å². The first-order valence-corrected chi connectivity index (χ1v) is 11.9. The molecule has 2 aromatic carbocycles. The SMILES string of the molecule is O=C(NCc1cccs1)c1ccc(CN2C(=O)CCn3nc(-c4cccc(Cl)c4)cc32)cc1. The summed E-state index contributed by atoms with van der Waals surface area (Å²) in [5.41, 5.74) is 3.23. The fraction of sp³-hybridized carbons (Fsp3) is 0.160. The molecule has 1 aliphatic rings. The predicted molar refractivity (Wildman–Crippen MR) is 130 cm³/mol. The molecule has 0 spiro atoms. The fourth-order valence-corrected chi connectivity index (χ4v) is 4.67. The van der Waals surface area contributed by atoms with Crippen molar-refractivity contribution in [3.63, 3.8) is 0 Å². The Balaban J connectivity index is 1.31. The first-order valence-electron chi connectivity index (χ1n) is 10.6. The number of aryl methyl sites for hydroxylation is 1. The van der Waals surface area contributed by atoms with Crippen LogP contribution < -0.4 is 10.2 Å². The third-order valence-electron chi connectivity index (χ3n) is 5.55. The van der Waals surface area contributed by atoms with Gasteiger partial charge in [-0.2, -0.15) is 5.10 Å². The molecule has 8 heteroatoms. The van der Waals surface area contributed by atoms with E-state index in [1.54, 1.807) is 28.4 Å². The highest BCUT2D eigenvalue weighted by atomic mass is 35.5. The Morgan fingerprint density at radius 2 is 1.94 bits per heavy atom. The lowest BCUT2D eigenvalue weighted by Crippen LogP contribution is -2.36. The van der Waals surface area contributed by atoms with E-state index in [1.165, 1.54) is 0 Å². The summed E-state index contributed by atoms with van der Waals surface area (Å²) in [7, 11) is 0. The summed E-state index contributed by atoms with van der Waals surface area (Å²) in [6.45, 7) is 1.48. The topological polar surface area (TPSA) is 67.2 Å². The van der Waals surface area contributed by atoms with Gasteiger partial charge in [-0.05, 0) is 41.3 Å². The van der Waals surface area contributed by atoms with Gasteiger partial charge in [0.1, 0.15) is 5.82 Å². The number of rotatable bonds is 6. The van der Waals surface area contributed by atoms with E-state index < -0.39 is 0 Å². The lowest BCUT2D eigenvalue weighted by molar-refractivity contribution is -0.119. The maximum Gasteiger partial charge on any atom is 0.251 e. The van der Waals surface area contributed by atoms with Gasteiger partial charge >= 0.3 is 0 Å². The van der Waals surface area contributed by atoms with Crippen LogP contribution >= 0.6 is 22.9 Å². The lowest BCUT2D eigenvalue weighted by atomic mass is 10.1. The summed E-state index contributed by atoms with van der Waals surface area (Å²) in [6, 6.07) is 20.8. The average Bonchev–Trinajstić information content (AvgIpc) is 3.50. The second kappa shape index (κ2) is 9.21. The zero-order valence-corrected chi connectivity index (χ0v) is 19.3. The summed E-state index contributed by atoms with van der Waals surface area (Å²) in [4.78, 5) is 28.0. The van der Waals surface area contributed by atoms with E-state index in [1.807, 2.05) is 64.7 Å². The molecule has 0 radical (unpaired) electrons. The van der Waals surface area contributed by atoms with Crippen molar-refractivity contribution in [1.82, 2.24) is 15.1 Å². The molecule has 0 aliphatic carbocycles. The molecule has 0 unspecified atom stereocenters. The summed E-state index contributed by atoms with van der Waals surface area (Å²) in [5.74, 6) is 0.699. The summed E-state index contributed by atoms with van der Waals surface area (Å²) < 4.78 is 1.87. The van der Waals surface area contributed by atoms with Crippen molar-refractivity contribution in [3.05, 3.63) is 93.1 Å². The highest BCUT2D eigenvalue weighted by molar-refractivity contribution is 7.09.